The molecule has 530 valence electrons. The molecule has 0 radical (unpaired) electrons. The molecule has 2 unspecified atom stereocenters. The zero-order chi connectivity index (χ0) is 64.9. The normalized spacial score (nSPS) is 12.7. The Bertz CT molecular complexity index is 1500. The second-order valence-corrected chi connectivity index (χ2v) is 28.1. The molecule has 0 aliphatic heterocycles. The van der Waals surface area contributed by atoms with Gasteiger partial charge in [0.15, 0.2) is 0 Å². The van der Waals surface area contributed by atoms with Crippen molar-refractivity contribution in [3.8, 4) is 0 Å². The second-order valence-electron chi connectivity index (χ2n) is 28.1. The van der Waals surface area contributed by atoms with Crippen LogP contribution in [0.1, 0.15) is 450 Å². The summed E-state index contributed by atoms with van der Waals surface area (Å²) in [6.07, 6.45) is 105. The summed E-state index contributed by atoms with van der Waals surface area (Å²) in [5.74, 6) is -0.0524. The molecule has 0 aromatic carbocycles. The summed E-state index contributed by atoms with van der Waals surface area (Å²) in [4.78, 5) is 24.7. The molecular formula is C84H159NO5. The topological polar surface area (TPSA) is 95.9 Å². The maximum Gasteiger partial charge on any atom is 0.305 e. The second kappa shape index (κ2) is 79.3. The lowest BCUT2D eigenvalue weighted by Gasteiger charge is -2.20. The van der Waals surface area contributed by atoms with E-state index in [1.807, 2.05) is 6.08 Å². The number of carbonyl (C=O) groups is 2. The Morgan fingerprint density at radius 2 is 0.556 bits per heavy atom. The van der Waals surface area contributed by atoms with Gasteiger partial charge in [0, 0.05) is 12.8 Å². The molecule has 90 heavy (non-hydrogen) atoms. The number of hydrogen-bond donors (Lipinski definition) is 3. The Hall–Kier alpha value is -2.18. The highest BCUT2D eigenvalue weighted by Crippen LogP contribution is 2.19. The number of hydrogen-bond acceptors (Lipinski definition) is 5. The predicted molar refractivity (Wildman–Crippen MR) is 398 cm³/mol. The maximum atomic E-state index is 12.6. The van der Waals surface area contributed by atoms with Crippen molar-refractivity contribution in [1.82, 2.24) is 5.32 Å². The Morgan fingerprint density at radius 1 is 0.311 bits per heavy atom. The van der Waals surface area contributed by atoms with E-state index in [4.69, 9.17) is 4.74 Å². The minimum absolute atomic E-state index is 0.0102. The monoisotopic (exact) mass is 1260 g/mol. The molecule has 6 nitrogen and oxygen atoms in total. The molecule has 0 fully saturated rings. The summed E-state index contributed by atoms with van der Waals surface area (Å²) in [5, 5.41) is 23.3. The van der Waals surface area contributed by atoms with Gasteiger partial charge in [-0.25, -0.2) is 0 Å². The van der Waals surface area contributed by atoms with Crippen LogP contribution >= 0.6 is 0 Å². The maximum absolute atomic E-state index is 12.6. The number of amides is 1. The van der Waals surface area contributed by atoms with Crippen molar-refractivity contribution >= 4 is 11.9 Å². The number of allylic oxidation sites excluding steroid dienone is 7. The number of ether oxygens (including phenoxy) is 1. The first kappa shape index (κ1) is 87.8. The quantitative estimate of drug-likeness (QED) is 0.0320. The molecule has 0 aromatic heterocycles. The van der Waals surface area contributed by atoms with Gasteiger partial charge in [0.1, 0.15) is 0 Å². The first-order chi connectivity index (χ1) is 44.5. The van der Waals surface area contributed by atoms with Crippen molar-refractivity contribution in [2.75, 3.05) is 13.2 Å². The van der Waals surface area contributed by atoms with Crippen molar-refractivity contribution in [3.05, 3.63) is 48.6 Å². The van der Waals surface area contributed by atoms with Gasteiger partial charge in [0.05, 0.1) is 25.4 Å². The van der Waals surface area contributed by atoms with Crippen molar-refractivity contribution in [2.24, 2.45) is 0 Å². The largest absolute Gasteiger partial charge is 0.466 e. The first-order valence-corrected chi connectivity index (χ1v) is 40.9. The first-order valence-electron chi connectivity index (χ1n) is 40.9. The smallest absolute Gasteiger partial charge is 0.305 e. The Labute approximate surface area is 563 Å². The molecule has 0 aromatic rings. The summed E-state index contributed by atoms with van der Waals surface area (Å²) in [6.45, 7) is 4.94. The average molecular weight is 1260 g/mol. The van der Waals surface area contributed by atoms with Crippen LogP contribution in [0.3, 0.4) is 0 Å². The van der Waals surface area contributed by atoms with Gasteiger partial charge in [-0.3, -0.25) is 9.59 Å². The van der Waals surface area contributed by atoms with Crippen molar-refractivity contribution in [2.45, 2.75) is 463 Å². The molecule has 2 atom stereocenters. The van der Waals surface area contributed by atoms with Crippen LogP contribution in [0.5, 0.6) is 0 Å². The molecule has 6 heteroatoms. The summed E-state index contributed by atoms with van der Waals surface area (Å²) in [6, 6.07) is -0.630. The van der Waals surface area contributed by atoms with Gasteiger partial charge in [-0.2, -0.15) is 0 Å². The molecule has 0 aliphatic rings. The molecule has 0 heterocycles. The SMILES string of the molecule is CCCCCCCC/C=C\CCCCCCCCCC(=O)OCCCCCCCCCCC/C=C\C/C=C\CCCCCCCCCCCCCCCCCC(=O)NC(CO)C(O)/C=C/CCCCCCCCCCCCCCCCCCCCCCCCC. The lowest BCUT2D eigenvalue weighted by molar-refractivity contribution is -0.143. The molecule has 0 spiro atoms. The van der Waals surface area contributed by atoms with E-state index in [-0.39, 0.29) is 18.5 Å². The van der Waals surface area contributed by atoms with Crippen molar-refractivity contribution < 1.29 is 24.5 Å². The van der Waals surface area contributed by atoms with Crippen LogP contribution in [-0.4, -0.2) is 47.4 Å². The molecule has 0 saturated carbocycles. The summed E-state index contributed by atoms with van der Waals surface area (Å²) in [7, 11) is 0. The van der Waals surface area contributed by atoms with Crippen LogP contribution < -0.4 is 5.32 Å². The van der Waals surface area contributed by atoms with Gasteiger partial charge >= 0.3 is 5.97 Å². The Balaban J connectivity index is 3.41. The van der Waals surface area contributed by atoms with Gasteiger partial charge in [0.25, 0.3) is 0 Å². The fourth-order valence-corrected chi connectivity index (χ4v) is 12.8. The third-order valence-corrected chi connectivity index (χ3v) is 19.1. The predicted octanol–water partition coefficient (Wildman–Crippen LogP) is 27.2. The van der Waals surface area contributed by atoms with Crippen LogP contribution in [0.25, 0.3) is 0 Å². The number of carbonyl (C=O) groups excluding carboxylic acids is 2. The lowest BCUT2D eigenvalue weighted by atomic mass is 10.0. The number of rotatable bonds is 77. The van der Waals surface area contributed by atoms with Gasteiger partial charge in [0.2, 0.25) is 5.91 Å². The van der Waals surface area contributed by atoms with E-state index in [2.05, 4.69) is 55.6 Å². The Morgan fingerprint density at radius 3 is 0.856 bits per heavy atom. The molecule has 3 N–H and O–H groups in total. The van der Waals surface area contributed by atoms with E-state index < -0.39 is 12.1 Å². The highest BCUT2D eigenvalue weighted by Gasteiger charge is 2.18. The lowest BCUT2D eigenvalue weighted by Crippen LogP contribution is -2.45. The van der Waals surface area contributed by atoms with E-state index in [1.165, 1.54) is 372 Å². The van der Waals surface area contributed by atoms with E-state index in [1.54, 1.807) is 6.08 Å². The van der Waals surface area contributed by atoms with Crippen LogP contribution in [0.4, 0.5) is 0 Å². The minimum atomic E-state index is -0.847. The molecule has 0 bridgehead atoms. The molecule has 0 rings (SSSR count). The standard InChI is InChI=1S/C84H159NO5/c1-3-5-7-9-11-13-15-17-19-21-22-23-24-32-35-38-41-45-48-52-56-60-64-68-72-76-82(87)81(80-86)85-83(88)77-73-69-65-61-57-53-49-46-42-39-36-33-30-28-26-25-27-29-31-34-37-40-43-47-51-55-59-63-67-71-75-79-90-84(89)78-74-70-66-62-58-54-50-44-20-18-16-14-12-10-8-6-4-2/h18,20,27,29,34,37,72,76,81-82,86-87H,3-17,19,21-26,28,30-33,35-36,38-71,73-75,77-80H2,1-2H3,(H,85,88)/b20-18-,29-27-,37-34-,76-72+. The Kier molecular flexibility index (Phi) is 77.3. The van der Waals surface area contributed by atoms with Gasteiger partial charge < -0.3 is 20.3 Å². The summed E-state index contributed by atoms with van der Waals surface area (Å²) < 4.78 is 5.50. The fraction of sp³-hybridized carbons (Fsp3) is 0.881. The highest BCUT2D eigenvalue weighted by atomic mass is 16.5. The van der Waals surface area contributed by atoms with Gasteiger partial charge in [-0.05, 0) is 89.9 Å². The van der Waals surface area contributed by atoms with Crippen LogP contribution in [-0.2, 0) is 14.3 Å². The van der Waals surface area contributed by atoms with Gasteiger partial charge in [-0.15, -0.1) is 0 Å². The third kappa shape index (κ3) is 74.9. The number of nitrogens with one attached hydrogen (secondary N) is 1. The third-order valence-electron chi connectivity index (χ3n) is 19.1. The fourth-order valence-electron chi connectivity index (χ4n) is 12.8. The van der Waals surface area contributed by atoms with Crippen molar-refractivity contribution in [1.29, 1.82) is 0 Å². The van der Waals surface area contributed by atoms with Crippen LogP contribution in [0.2, 0.25) is 0 Å². The van der Waals surface area contributed by atoms with Crippen LogP contribution in [0.15, 0.2) is 48.6 Å². The number of aliphatic hydroxyl groups is 2. The van der Waals surface area contributed by atoms with E-state index in [0.29, 0.717) is 19.4 Å². The van der Waals surface area contributed by atoms with Crippen LogP contribution in [0, 0.1) is 0 Å². The van der Waals surface area contributed by atoms with Crippen molar-refractivity contribution in [3.63, 3.8) is 0 Å². The number of unbranched alkanes of at least 4 members (excludes halogenated alkanes) is 60. The number of esters is 1. The zero-order valence-electron chi connectivity index (χ0n) is 60.9. The van der Waals surface area contributed by atoms with E-state index in [9.17, 15) is 19.8 Å². The number of aliphatic hydroxyl groups excluding tert-OH is 2. The summed E-state index contributed by atoms with van der Waals surface area (Å²) >= 11 is 0. The highest BCUT2D eigenvalue weighted by molar-refractivity contribution is 5.76. The minimum Gasteiger partial charge on any atom is -0.466 e. The van der Waals surface area contributed by atoms with E-state index in [0.717, 1.165) is 51.4 Å². The molecular weight excluding hydrogens is 1100 g/mol. The van der Waals surface area contributed by atoms with E-state index >= 15 is 0 Å². The molecule has 0 saturated heterocycles. The zero-order valence-corrected chi connectivity index (χ0v) is 60.9. The molecule has 1 amide bonds. The summed E-state index contributed by atoms with van der Waals surface area (Å²) in [5.41, 5.74) is 0. The average Bonchev–Trinajstić information content (AvgIpc) is 3.69. The van der Waals surface area contributed by atoms with Gasteiger partial charge in [-0.1, -0.05) is 396 Å². The molecule has 0 aliphatic carbocycles.